The minimum atomic E-state index is -3.61. The van der Waals surface area contributed by atoms with Gasteiger partial charge in [0.2, 0.25) is 10.0 Å². The summed E-state index contributed by atoms with van der Waals surface area (Å²) < 4.78 is 46.2. The first-order valence-corrected chi connectivity index (χ1v) is 16.0. The number of rotatable bonds is 11. The summed E-state index contributed by atoms with van der Waals surface area (Å²) in [6, 6.07) is 4.45. The Balaban J connectivity index is 2.09. The number of sulfonamides is 1. The number of fused-ring (bicyclic) bond motifs is 2. The molecule has 3 rings (SSSR count). The van der Waals surface area contributed by atoms with Gasteiger partial charge in [-0.2, -0.15) is 4.31 Å². The number of hydrogen-bond acceptors (Lipinski definition) is 7. The summed E-state index contributed by atoms with van der Waals surface area (Å²) in [7, 11) is -0.450. The highest BCUT2D eigenvalue weighted by Gasteiger charge is 2.64. The van der Waals surface area contributed by atoms with Gasteiger partial charge in [0.1, 0.15) is 5.60 Å². The molecule has 0 amide bonds. The molecule has 8 nitrogen and oxygen atoms in total. The van der Waals surface area contributed by atoms with E-state index in [1.54, 1.807) is 18.5 Å². The van der Waals surface area contributed by atoms with E-state index in [9.17, 15) is 13.2 Å². The molecule has 0 aliphatic heterocycles. The molecule has 2 aliphatic carbocycles. The maximum absolute atomic E-state index is 14.0. The molecule has 2 bridgehead atoms. The molecule has 1 aromatic carbocycles. The molecule has 2 saturated carbocycles. The Morgan fingerprint density at radius 1 is 1.07 bits per heavy atom. The van der Waals surface area contributed by atoms with E-state index in [0.29, 0.717) is 30.3 Å². The number of hydrogen-bond donors (Lipinski definition) is 0. The maximum Gasteiger partial charge on any atom is 0.331 e. The fourth-order valence-corrected chi connectivity index (χ4v) is 9.65. The first-order valence-electron chi connectivity index (χ1n) is 14.4. The van der Waals surface area contributed by atoms with Gasteiger partial charge in [-0.3, -0.25) is 4.99 Å². The van der Waals surface area contributed by atoms with Crippen molar-refractivity contribution in [3.8, 4) is 11.5 Å². The van der Waals surface area contributed by atoms with Crippen molar-refractivity contribution in [2.75, 3.05) is 20.0 Å². The van der Waals surface area contributed by atoms with E-state index in [0.717, 1.165) is 24.1 Å². The lowest BCUT2D eigenvalue weighted by Crippen LogP contribution is -2.50. The van der Waals surface area contributed by atoms with Crippen LogP contribution in [0.5, 0.6) is 11.5 Å². The van der Waals surface area contributed by atoms with Gasteiger partial charge in [-0.1, -0.05) is 19.9 Å². The predicted octanol–water partition coefficient (Wildman–Crippen LogP) is 5.67. The van der Waals surface area contributed by atoms with E-state index in [1.807, 2.05) is 66.7 Å². The Morgan fingerprint density at radius 2 is 1.68 bits per heavy atom. The van der Waals surface area contributed by atoms with Gasteiger partial charge in [0, 0.05) is 29.6 Å². The van der Waals surface area contributed by atoms with Crippen molar-refractivity contribution in [1.29, 1.82) is 0 Å². The van der Waals surface area contributed by atoms with Gasteiger partial charge >= 0.3 is 5.97 Å². The lowest BCUT2D eigenvalue weighted by molar-refractivity contribution is -0.156. The number of ether oxygens (including phenoxy) is 3. The van der Waals surface area contributed by atoms with Gasteiger partial charge in [-0.05, 0) is 96.8 Å². The number of benzene rings is 1. The Morgan fingerprint density at radius 3 is 2.17 bits per heavy atom. The molecule has 40 heavy (non-hydrogen) atoms. The highest BCUT2D eigenvalue weighted by molar-refractivity contribution is 7.89. The quantitative estimate of drug-likeness (QED) is 0.314. The molecule has 3 atom stereocenters. The molecule has 1 aromatic rings. The van der Waals surface area contributed by atoms with Crippen molar-refractivity contribution in [2.24, 2.45) is 21.7 Å². The molecular formula is C31H50N2O6S. The topological polar surface area (TPSA) is 94.5 Å². The highest BCUT2D eigenvalue weighted by atomic mass is 32.2. The minimum Gasteiger partial charge on any atom is -0.493 e. The monoisotopic (exact) mass is 578 g/mol. The third-order valence-electron chi connectivity index (χ3n) is 8.80. The predicted molar refractivity (Wildman–Crippen MR) is 160 cm³/mol. The average Bonchev–Trinajstić information content (AvgIpc) is 3.16. The van der Waals surface area contributed by atoms with Gasteiger partial charge in [0.25, 0.3) is 0 Å². The zero-order valence-corrected chi connectivity index (χ0v) is 27.1. The third kappa shape index (κ3) is 6.35. The van der Waals surface area contributed by atoms with Gasteiger partial charge in [0.15, 0.2) is 17.5 Å². The van der Waals surface area contributed by atoms with Crippen molar-refractivity contribution in [2.45, 2.75) is 112 Å². The second-order valence-corrected chi connectivity index (χ2v) is 15.4. The highest BCUT2D eigenvalue weighted by Crippen LogP contribution is 2.65. The summed E-state index contributed by atoms with van der Waals surface area (Å²) in [4.78, 5) is 18.7. The van der Waals surface area contributed by atoms with Gasteiger partial charge in [-0.25, -0.2) is 13.2 Å². The zero-order chi connectivity index (χ0) is 30.3. The molecule has 0 spiro atoms. The fourth-order valence-electron chi connectivity index (χ4n) is 6.91. The van der Waals surface area contributed by atoms with Crippen LogP contribution in [0.1, 0.15) is 87.1 Å². The van der Waals surface area contributed by atoms with Crippen molar-refractivity contribution in [3.05, 3.63) is 23.8 Å². The molecule has 0 N–H and O–H groups in total. The standard InChI is InChI=1S/C31H50N2O6S/c1-20(2)33(21(3)4)40(35,36)19-31-15-14-23(30(31,8)9)18-27(31)32-24(28(34)39-29(5,6)7)16-22-12-13-25(37-10)26(17-22)38-11/h12-13,17,20-21,23-24H,14-16,18-19H2,1-11H3/t23-,24-,31-/m1/s1. The first kappa shape index (κ1) is 32.4. The zero-order valence-electron chi connectivity index (χ0n) is 26.3. The molecule has 2 aliphatic rings. The summed E-state index contributed by atoms with van der Waals surface area (Å²) in [6.45, 7) is 17.5. The minimum absolute atomic E-state index is 0.00388. The number of methoxy groups -OCH3 is 2. The number of nitrogens with zero attached hydrogens (tertiary/aromatic N) is 2. The Bertz CT molecular complexity index is 1210. The third-order valence-corrected chi connectivity index (χ3v) is 11.1. The normalized spacial score (nSPS) is 24.2. The number of carbonyl (C=O) groups is 1. The second-order valence-electron chi connectivity index (χ2n) is 13.5. The number of aliphatic imine (C=N–C) groups is 1. The van der Waals surface area contributed by atoms with Crippen LogP contribution in [-0.2, 0) is 26.0 Å². The van der Waals surface area contributed by atoms with Crippen molar-refractivity contribution >= 4 is 21.7 Å². The maximum atomic E-state index is 14.0. The second kappa shape index (κ2) is 11.6. The largest absolute Gasteiger partial charge is 0.493 e. The Labute approximate surface area is 241 Å². The van der Waals surface area contributed by atoms with Crippen LogP contribution in [0, 0.1) is 16.7 Å². The molecule has 9 heteroatoms. The number of esters is 1. The SMILES string of the molecule is COc1ccc(C[C@@H](N=C2C[C@H]3CC[C@]2(CS(=O)(=O)N(C(C)C)C(C)C)C3(C)C)C(=O)OC(C)(C)C)cc1OC. The molecule has 226 valence electrons. The lowest BCUT2D eigenvalue weighted by atomic mass is 9.70. The molecule has 0 heterocycles. The van der Waals surface area contributed by atoms with E-state index < -0.39 is 33.1 Å². The molecular weight excluding hydrogens is 528 g/mol. The molecule has 0 aromatic heterocycles. The van der Waals surface area contributed by atoms with Crippen LogP contribution in [0.3, 0.4) is 0 Å². The number of carbonyl (C=O) groups excluding carboxylic acids is 1. The molecule has 0 unspecified atom stereocenters. The van der Waals surface area contributed by atoms with Crippen LogP contribution in [0.4, 0.5) is 0 Å². The first-order chi connectivity index (χ1) is 18.4. The van der Waals surface area contributed by atoms with Gasteiger partial charge in [0.05, 0.1) is 20.0 Å². The Hall–Kier alpha value is -2.13. The van der Waals surface area contributed by atoms with Gasteiger partial charge in [-0.15, -0.1) is 0 Å². The van der Waals surface area contributed by atoms with Crippen LogP contribution in [-0.4, -0.2) is 68.1 Å². The van der Waals surface area contributed by atoms with E-state index in [2.05, 4.69) is 13.8 Å². The summed E-state index contributed by atoms with van der Waals surface area (Å²) in [5, 5.41) is 0. The van der Waals surface area contributed by atoms with Crippen LogP contribution in [0.2, 0.25) is 0 Å². The van der Waals surface area contributed by atoms with E-state index in [-0.39, 0.29) is 23.3 Å². The lowest BCUT2D eigenvalue weighted by Gasteiger charge is -2.41. The van der Waals surface area contributed by atoms with Crippen LogP contribution in [0.15, 0.2) is 23.2 Å². The van der Waals surface area contributed by atoms with E-state index >= 15 is 0 Å². The molecule has 0 saturated heterocycles. The van der Waals surface area contributed by atoms with Crippen molar-refractivity contribution in [3.63, 3.8) is 0 Å². The average molecular weight is 579 g/mol. The van der Waals surface area contributed by atoms with Gasteiger partial charge < -0.3 is 14.2 Å². The van der Waals surface area contributed by atoms with Crippen molar-refractivity contribution in [1.82, 2.24) is 4.31 Å². The van der Waals surface area contributed by atoms with Crippen LogP contribution < -0.4 is 9.47 Å². The Kier molecular flexibility index (Phi) is 9.42. The summed E-state index contributed by atoms with van der Waals surface area (Å²) in [5.41, 5.74) is 0.0993. The van der Waals surface area contributed by atoms with Crippen LogP contribution in [0.25, 0.3) is 0 Å². The summed E-state index contributed by atoms with van der Waals surface area (Å²) >= 11 is 0. The fraction of sp³-hybridized carbons (Fsp3) is 0.742. The smallest absolute Gasteiger partial charge is 0.331 e. The summed E-state index contributed by atoms with van der Waals surface area (Å²) in [5.74, 6) is 1.07. The van der Waals surface area contributed by atoms with E-state index in [1.165, 1.54) is 0 Å². The van der Waals surface area contributed by atoms with Crippen molar-refractivity contribution < 1.29 is 27.4 Å². The molecule has 0 radical (unpaired) electrons. The van der Waals surface area contributed by atoms with E-state index in [4.69, 9.17) is 19.2 Å². The summed E-state index contributed by atoms with van der Waals surface area (Å²) in [6.07, 6.45) is 2.69. The molecule has 2 fully saturated rings. The van der Waals surface area contributed by atoms with Crippen LogP contribution >= 0.6 is 0 Å².